The number of carbonyl (C=O) groups is 3. The zero-order valence-corrected chi connectivity index (χ0v) is 17.0. The Kier molecular flexibility index (Phi) is 5.24. The quantitative estimate of drug-likeness (QED) is 0.640. The molecule has 31 heavy (non-hydrogen) atoms. The van der Waals surface area contributed by atoms with Crippen LogP contribution in [0.15, 0.2) is 24.4 Å². The number of fused-ring (bicyclic) bond motifs is 1. The maximum atomic E-state index is 13.0. The highest BCUT2D eigenvalue weighted by atomic mass is 16.5. The Morgan fingerprint density at radius 3 is 2.90 bits per heavy atom. The van der Waals surface area contributed by atoms with Crippen LogP contribution >= 0.6 is 0 Å². The van der Waals surface area contributed by atoms with E-state index in [0.29, 0.717) is 36.9 Å². The van der Waals surface area contributed by atoms with E-state index in [4.69, 9.17) is 4.74 Å². The molecule has 0 bridgehead atoms. The number of hydrogen-bond acceptors (Lipinski definition) is 7. The fourth-order valence-electron chi connectivity index (χ4n) is 4.47. The number of nitrogens with zero attached hydrogens (tertiary/aromatic N) is 4. The first-order valence-electron chi connectivity index (χ1n) is 10.6. The standard InChI is InChI=1S/C21H24N6O4/c28-19-7-6-18(20(29)23-19)26-10-16-15(21(26)30)4-1-5-17(16)27-9-14(24-25-27)12-31-11-13-3-2-8-22-13/h1,4-5,9,13,18,22H,2-3,6-8,10-12H2,(H,23,28,29)/t13-,18?/m0/s1. The van der Waals surface area contributed by atoms with Crippen LogP contribution in [0.5, 0.6) is 0 Å². The zero-order valence-electron chi connectivity index (χ0n) is 17.0. The van der Waals surface area contributed by atoms with Crippen molar-refractivity contribution in [1.29, 1.82) is 0 Å². The number of aromatic nitrogens is 3. The highest BCUT2D eigenvalue weighted by Gasteiger charge is 2.40. The van der Waals surface area contributed by atoms with E-state index in [2.05, 4.69) is 20.9 Å². The third kappa shape index (κ3) is 3.84. The molecule has 2 saturated heterocycles. The number of nitrogens with one attached hydrogen (secondary N) is 2. The van der Waals surface area contributed by atoms with E-state index in [0.717, 1.165) is 24.2 Å². The molecule has 2 aromatic rings. The molecule has 0 radical (unpaired) electrons. The summed E-state index contributed by atoms with van der Waals surface area (Å²) in [5.74, 6) is -0.929. The number of benzene rings is 1. The fraction of sp³-hybridized carbons (Fsp3) is 0.476. The topological polar surface area (TPSA) is 118 Å². The average molecular weight is 424 g/mol. The molecule has 1 aromatic heterocycles. The molecule has 1 unspecified atom stereocenters. The summed E-state index contributed by atoms with van der Waals surface area (Å²) in [6.07, 6.45) is 4.67. The molecule has 2 atom stereocenters. The summed E-state index contributed by atoms with van der Waals surface area (Å²) in [6, 6.07) is 5.18. The molecule has 3 aliphatic heterocycles. The van der Waals surface area contributed by atoms with Crippen molar-refractivity contribution in [3.63, 3.8) is 0 Å². The van der Waals surface area contributed by atoms with E-state index < -0.39 is 11.9 Å². The predicted molar refractivity (Wildman–Crippen MR) is 108 cm³/mol. The Labute approximate surface area is 178 Å². The maximum Gasteiger partial charge on any atom is 0.255 e. The van der Waals surface area contributed by atoms with Gasteiger partial charge in [0.15, 0.2) is 0 Å². The number of rotatable bonds is 6. The largest absolute Gasteiger partial charge is 0.373 e. The van der Waals surface area contributed by atoms with Crippen LogP contribution in [0.1, 0.15) is 47.3 Å². The van der Waals surface area contributed by atoms with Crippen molar-refractivity contribution in [2.75, 3.05) is 13.2 Å². The number of carbonyl (C=O) groups excluding carboxylic acids is 3. The third-order valence-electron chi connectivity index (χ3n) is 6.08. The first-order chi connectivity index (χ1) is 15.1. The number of imide groups is 1. The summed E-state index contributed by atoms with van der Waals surface area (Å²) in [4.78, 5) is 38.2. The molecule has 162 valence electrons. The molecule has 10 heteroatoms. The van der Waals surface area contributed by atoms with Gasteiger partial charge in [-0.15, -0.1) is 5.10 Å². The molecule has 0 saturated carbocycles. The fourth-order valence-corrected chi connectivity index (χ4v) is 4.47. The van der Waals surface area contributed by atoms with Gasteiger partial charge >= 0.3 is 0 Å². The van der Waals surface area contributed by atoms with Crippen LogP contribution < -0.4 is 10.6 Å². The van der Waals surface area contributed by atoms with Gasteiger partial charge in [0.25, 0.3) is 5.91 Å². The molecule has 5 rings (SSSR count). The predicted octanol–water partition coefficient (Wildman–Crippen LogP) is 0.297. The normalized spacial score (nSPS) is 23.4. The van der Waals surface area contributed by atoms with Crippen molar-refractivity contribution in [2.24, 2.45) is 0 Å². The van der Waals surface area contributed by atoms with Crippen LogP contribution in [0.3, 0.4) is 0 Å². The second kappa shape index (κ2) is 8.20. The Morgan fingerprint density at radius 2 is 2.10 bits per heavy atom. The van der Waals surface area contributed by atoms with Gasteiger partial charge in [0, 0.05) is 30.1 Å². The second-order valence-electron chi connectivity index (χ2n) is 8.17. The monoisotopic (exact) mass is 424 g/mol. The van der Waals surface area contributed by atoms with Crippen molar-refractivity contribution < 1.29 is 19.1 Å². The summed E-state index contributed by atoms with van der Waals surface area (Å²) in [6.45, 7) is 2.34. The Bertz CT molecular complexity index is 1030. The van der Waals surface area contributed by atoms with E-state index in [1.54, 1.807) is 23.0 Å². The lowest BCUT2D eigenvalue weighted by molar-refractivity contribution is -0.136. The molecule has 0 spiro atoms. The van der Waals surface area contributed by atoms with E-state index in [1.807, 2.05) is 6.07 Å². The lowest BCUT2D eigenvalue weighted by atomic mass is 10.0. The van der Waals surface area contributed by atoms with Crippen LogP contribution in [0, 0.1) is 0 Å². The van der Waals surface area contributed by atoms with Gasteiger partial charge in [-0.3, -0.25) is 19.7 Å². The summed E-state index contributed by atoms with van der Waals surface area (Å²) >= 11 is 0. The molecule has 4 heterocycles. The van der Waals surface area contributed by atoms with Gasteiger partial charge in [0.05, 0.1) is 25.1 Å². The van der Waals surface area contributed by atoms with Crippen molar-refractivity contribution in [2.45, 2.75) is 50.9 Å². The smallest absolute Gasteiger partial charge is 0.255 e. The summed E-state index contributed by atoms with van der Waals surface area (Å²) in [5.41, 5.74) is 2.80. The molecule has 2 fully saturated rings. The van der Waals surface area contributed by atoms with E-state index >= 15 is 0 Å². The van der Waals surface area contributed by atoms with Crippen LogP contribution in [-0.4, -0.2) is 62.9 Å². The Morgan fingerprint density at radius 1 is 1.19 bits per heavy atom. The van der Waals surface area contributed by atoms with Gasteiger partial charge < -0.3 is 15.0 Å². The highest BCUT2D eigenvalue weighted by Crippen LogP contribution is 2.31. The molecule has 2 N–H and O–H groups in total. The summed E-state index contributed by atoms with van der Waals surface area (Å²) in [7, 11) is 0. The van der Waals surface area contributed by atoms with Crippen LogP contribution in [0.4, 0.5) is 0 Å². The van der Waals surface area contributed by atoms with Crippen LogP contribution in [-0.2, 0) is 27.5 Å². The minimum atomic E-state index is -0.644. The zero-order chi connectivity index (χ0) is 21.4. The van der Waals surface area contributed by atoms with Gasteiger partial charge in [-0.2, -0.15) is 0 Å². The molecule has 3 aliphatic rings. The molecular weight excluding hydrogens is 400 g/mol. The van der Waals surface area contributed by atoms with Gasteiger partial charge in [-0.05, 0) is 37.9 Å². The van der Waals surface area contributed by atoms with Gasteiger partial charge in [-0.25, -0.2) is 4.68 Å². The van der Waals surface area contributed by atoms with Crippen LogP contribution in [0.25, 0.3) is 5.69 Å². The minimum absolute atomic E-state index is 0.209. The number of piperidine rings is 1. The van der Waals surface area contributed by atoms with Gasteiger partial charge in [0.2, 0.25) is 11.8 Å². The highest BCUT2D eigenvalue weighted by molar-refractivity contribution is 6.05. The van der Waals surface area contributed by atoms with E-state index in [-0.39, 0.29) is 24.8 Å². The molecule has 1 aromatic carbocycles. The Hall–Kier alpha value is -3.11. The molecule has 3 amide bonds. The van der Waals surface area contributed by atoms with Gasteiger partial charge in [0.1, 0.15) is 11.7 Å². The SMILES string of the molecule is O=C1CCC(N2Cc3c(cccc3-n3cc(COC[C@@H]4CCCN4)nn3)C2=O)C(=O)N1. The summed E-state index contributed by atoms with van der Waals surface area (Å²) in [5, 5.41) is 14.1. The number of ether oxygens (including phenoxy) is 1. The van der Waals surface area contributed by atoms with E-state index in [1.165, 1.54) is 11.3 Å². The van der Waals surface area contributed by atoms with Crippen molar-refractivity contribution in [3.05, 3.63) is 41.2 Å². The lowest BCUT2D eigenvalue weighted by Crippen LogP contribution is -2.52. The van der Waals surface area contributed by atoms with Crippen LogP contribution in [0.2, 0.25) is 0 Å². The lowest BCUT2D eigenvalue weighted by Gasteiger charge is -2.29. The first kappa shape index (κ1) is 19.8. The van der Waals surface area contributed by atoms with E-state index in [9.17, 15) is 14.4 Å². The number of hydrogen-bond donors (Lipinski definition) is 2. The minimum Gasteiger partial charge on any atom is -0.373 e. The molecule has 0 aliphatic carbocycles. The average Bonchev–Trinajstić information content (AvgIpc) is 3.50. The first-order valence-corrected chi connectivity index (χ1v) is 10.6. The molecule has 10 nitrogen and oxygen atoms in total. The summed E-state index contributed by atoms with van der Waals surface area (Å²) < 4.78 is 7.41. The van der Waals surface area contributed by atoms with Crippen molar-refractivity contribution >= 4 is 17.7 Å². The Balaban J connectivity index is 1.31. The maximum absolute atomic E-state index is 13.0. The van der Waals surface area contributed by atoms with Gasteiger partial charge in [-0.1, -0.05) is 11.3 Å². The van der Waals surface area contributed by atoms with Crippen molar-refractivity contribution in [3.8, 4) is 5.69 Å². The van der Waals surface area contributed by atoms with Crippen molar-refractivity contribution in [1.82, 2.24) is 30.5 Å². The third-order valence-corrected chi connectivity index (χ3v) is 6.08. The number of amides is 3. The molecular formula is C21H24N6O4. The second-order valence-corrected chi connectivity index (χ2v) is 8.17.